The number of aryl methyl sites for hydroxylation is 1. The lowest BCUT2D eigenvalue weighted by atomic mass is 10.1. The molecule has 3 rings (SSSR count). The number of fused-ring (bicyclic) bond motifs is 3. The first-order valence-corrected chi connectivity index (χ1v) is 6.00. The van der Waals surface area contributed by atoms with Gasteiger partial charge in [0, 0.05) is 10.8 Å². The van der Waals surface area contributed by atoms with Crippen LogP contribution in [0.4, 0.5) is 8.78 Å². The molecule has 1 heterocycles. The molecule has 0 saturated carbocycles. The van der Waals surface area contributed by atoms with Crippen LogP contribution in [0.3, 0.4) is 0 Å². The van der Waals surface area contributed by atoms with E-state index < -0.39 is 5.82 Å². The molecule has 18 heavy (non-hydrogen) atoms. The van der Waals surface area contributed by atoms with Gasteiger partial charge in [0.05, 0.1) is 0 Å². The zero-order chi connectivity index (χ0) is 12.7. The molecule has 0 atom stereocenters. The van der Waals surface area contributed by atoms with Crippen molar-refractivity contribution in [3.05, 3.63) is 47.5 Å². The lowest BCUT2D eigenvalue weighted by molar-refractivity contribution is 0.551. The first kappa shape index (κ1) is 11.2. The quantitative estimate of drug-likeness (QED) is 0.632. The summed E-state index contributed by atoms with van der Waals surface area (Å²) in [5, 5.41) is 1.24. The molecule has 0 bridgehead atoms. The van der Waals surface area contributed by atoms with Crippen LogP contribution in [-0.4, -0.2) is 0 Å². The Morgan fingerprint density at radius 1 is 1.00 bits per heavy atom. The molecule has 0 spiro atoms. The van der Waals surface area contributed by atoms with E-state index in [1.165, 1.54) is 6.07 Å². The van der Waals surface area contributed by atoms with Crippen molar-refractivity contribution in [1.29, 1.82) is 0 Å². The van der Waals surface area contributed by atoms with Crippen molar-refractivity contribution >= 4 is 21.9 Å². The highest BCUT2D eigenvalue weighted by atomic mass is 19.1. The Morgan fingerprint density at radius 2 is 1.78 bits per heavy atom. The number of furan rings is 1. The predicted octanol–water partition coefficient (Wildman–Crippen LogP) is 4.82. The molecule has 3 aromatic rings. The average Bonchev–Trinajstić information content (AvgIpc) is 2.74. The summed E-state index contributed by atoms with van der Waals surface area (Å²) in [6, 6.07) is 8.21. The first-order valence-electron chi connectivity index (χ1n) is 6.00. The first-order chi connectivity index (χ1) is 8.72. The minimum Gasteiger partial charge on any atom is -0.450 e. The van der Waals surface area contributed by atoms with E-state index in [1.54, 1.807) is 24.3 Å². The van der Waals surface area contributed by atoms with Gasteiger partial charge in [0.15, 0.2) is 22.8 Å². The molecule has 0 saturated heterocycles. The van der Waals surface area contributed by atoms with Gasteiger partial charge in [-0.15, -0.1) is 0 Å². The van der Waals surface area contributed by atoms with Crippen LogP contribution in [0.2, 0.25) is 0 Å². The molecule has 2 aromatic carbocycles. The van der Waals surface area contributed by atoms with Crippen molar-refractivity contribution in [2.24, 2.45) is 0 Å². The summed E-state index contributed by atoms with van der Waals surface area (Å²) < 4.78 is 33.1. The van der Waals surface area contributed by atoms with Crippen LogP contribution in [0.15, 0.2) is 34.7 Å². The normalized spacial score (nSPS) is 11.5. The summed E-state index contributed by atoms with van der Waals surface area (Å²) in [5.74, 6) is -0.829. The van der Waals surface area contributed by atoms with Crippen molar-refractivity contribution in [2.45, 2.75) is 19.8 Å². The molecule has 3 heteroatoms. The van der Waals surface area contributed by atoms with Crippen LogP contribution < -0.4 is 0 Å². The van der Waals surface area contributed by atoms with Gasteiger partial charge in [-0.1, -0.05) is 31.5 Å². The zero-order valence-electron chi connectivity index (χ0n) is 9.97. The fraction of sp³-hybridized carbons (Fsp3) is 0.200. The number of benzene rings is 2. The Hall–Kier alpha value is -1.90. The maximum Gasteiger partial charge on any atom is 0.171 e. The van der Waals surface area contributed by atoms with Crippen LogP contribution in [-0.2, 0) is 6.42 Å². The van der Waals surface area contributed by atoms with Crippen molar-refractivity contribution in [3.8, 4) is 0 Å². The summed E-state index contributed by atoms with van der Waals surface area (Å²) in [6.07, 6.45) is 1.51. The van der Waals surface area contributed by atoms with Crippen LogP contribution in [0.1, 0.15) is 18.9 Å². The summed E-state index contributed by atoms with van der Waals surface area (Å²) in [6.45, 7) is 1.99. The lowest BCUT2D eigenvalue weighted by Gasteiger charge is -2.00. The molecular weight excluding hydrogens is 234 g/mol. The molecule has 0 aliphatic heterocycles. The van der Waals surface area contributed by atoms with Gasteiger partial charge in [0.2, 0.25) is 0 Å². The summed E-state index contributed by atoms with van der Waals surface area (Å²) in [7, 11) is 0. The predicted molar refractivity (Wildman–Crippen MR) is 67.6 cm³/mol. The number of rotatable bonds is 2. The zero-order valence-corrected chi connectivity index (χ0v) is 9.97. The van der Waals surface area contributed by atoms with Crippen molar-refractivity contribution < 1.29 is 13.2 Å². The SMILES string of the molecule is CCCc1ccc2c(oc3c(F)cccc32)c1F. The minimum absolute atomic E-state index is 0.125. The van der Waals surface area contributed by atoms with E-state index in [0.29, 0.717) is 22.8 Å². The van der Waals surface area contributed by atoms with E-state index in [-0.39, 0.29) is 17.0 Å². The Labute approximate surface area is 103 Å². The molecule has 0 amide bonds. The monoisotopic (exact) mass is 246 g/mol. The molecular formula is C15H12F2O. The van der Waals surface area contributed by atoms with E-state index in [0.717, 1.165) is 6.42 Å². The Balaban J connectivity index is 2.39. The molecule has 1 nitrogen and oxygen atoms in total. The van der Waals surface area contributed by atoms with Crippen LogP contribution in [0.25, 0.3) is 21.9 Å². The smallest absolute Gasteiger partial charge is 0.171 e. The largest absolute Gasteiger partial charge is 0.450 e. The summed E-state index contributed by atoms with van der Waals surface area (Å²) >= 11 is 0. The molecule has 0 unspecified atom stereocenters. The highest BCUT2D eigenvalue weighted by molar-refractivity contribution is 6.05. The Bertz CT molecular complexity index is 728. The number of halogens is 2. The van der Waals surface area contributed by atoms with Crippen molar-refractivity contribution in [1.82, 2.24) is 0 Å². The van der Waals surface area contributed by atoms with E-state index in [2.05, 4.69) is 0 Å². The molecule has 1 aromatic heterocycles. The fourth-order valence-corrected chi connectivity index (χ4v) is 2.30. The highest BCUT2D eigenvalue weighted by Crippen LogP contribution is 2.33. The molecule has 0 aliphatic rings. The third-order valence-electron chi connectivity index (χ3n) is 3.16. The fourth-order valence-electron chi connectivity index (χ4n) is 2.30. The molecule has 92 valence electrons. The third-order valence-corrected chi connectivity index (χ3v) is 3.16. The second kappa shape index (κ2) is 4.09. The van der Waals surface area contributed by atoms with Crippen LogP contribution >= 0.6 is 0 Å². The molecule has 0 aliphatic carbocycles. The topological polar surface area (TPSA) is 13.1 Å². The molecule has 0 N–H and O–H groups in total. The second-order valence-electron chi connectivity index (χ2n) is 4.38. The Morgan fingerprint density at radius 3 is 2.56 bits per heavy atom. The maximum absolute atomic E-state index is 14.2. The van der Waals surface area contributed by atoms with Crippen molar-refractivity contribution in [2.75, 3.05) is 0 Å². The van der Waals surface area contributed by atoms with Gasteiger partial charge in [-0.3, -0.25) is 0 Å². The Kier molecular flexibility index (Phi) is 2.54. The van der Waals surface area contributed by atoms with Gasteiger partial charge >= 0.3 is 0 Å². The van der Waals surface area contributed by atoms with Crippen molar-refractivity contribution in [3.63, 3.8) is 0 Å². The maximum atomic E-state index is 14.2. The van der Waals surface area contributed by atoms with Gasteiger partial charge in [-0.2, -0.15) is 0 Å². The lowest BCUT2D eigenvalue weighted by Crippen LogP contribution is -1.89. The van der Waals surface area contributed by atoms with E-state index in [4.69, 9.17) is 4.42 Å². The van der Waals surface area contributed by atoms with Gasteiger partial charge < -0.3 is 4.42 Å². The number of hydrogen-bond acceptors (Lipinski definition) is 1. The number of hydrogen-bond donors (Lipinski definition) is 0. The van der Waals surface area contributed by atoms with Gasteiger partial charge in [-0.25, -0.2) is 8.78 Å². The van der Waals surface area contributed by atoms with E-state index in [9.17, 15) is 8.78 Å². The average molecular weight is 246 g/mol. The summed E-state index contributed by atoms with van der Waals surface area (Å²) in [5.41, 5.74) is 0.894. The molecule has 0 radical (unpaired) electrons. The minimum atomic E-state index is -0.458. The highest BCUT2D eigenvalue weighted by Gasteiger charge is 2.15. The van der Waals surface area contributed by atoms with Gasteiger partial charge in [0.25, 0.3) is 0 Å². The third kappa shape index (κ3) is 1.50. The van der Waals surface area contributed by atoms with Gasteiger partial charge in [0.1, 0.15) is 0 Å². The van der Waals surface area contributed by atoms with E-state index >= 15 is 0 Å². The second-order valence-corrected chi connectivity index (χ2v) is 4.38. The standard InChI is InChI=1S/C15H12F2O/c1-2-4-9-7-8-11-10-5-3-6-12(16)14(10)18-15(11)13(9)17/h3,5-8H,2,4H2,1H3. The van der Waals surface area contributed by atoms with Gasteiger partial charge in [-0.05, 0) is 24.1 Å². The summed E-state index contributed by atoms with van der Waals surface area (Å²) in [4.78, 5) is 0. The number of para-hydroxylation sites is 1. The molecule has 0 fully saturated rings. The van der Waals surface area contributed by atoms with Crippen LogP contribution in [0, 0.1) is 11.6 Å². The van der Waals surface area contributed by atoms with Crippen LogP contribution in [0.5, 0.6) is 0 Å². The van der Waals surface area contributed by atoms with E-state index in [1.807, 2.05) is 6.92 Å².